The molecule has 1 amide bonds. The first-order valence-corrected chi connectivity index (χ1v) is 8.93. The van der Waals surface area contributed by atoms with E-state index < -0.39 is 0 Å². The van der Waals surface area contributed by atoms with Gasteiger partial charge in [-0.1, -0.05) is 78.9 Å². The van der Waals surface area contributed by atoms with E-state index in [-0.39, 0.29) is 5.91 Å². The number of hydrogen-bond donors (Lipinski definition) is 0. The second-order valence-electron chi connectivity index (χ2n) is 6.25. The summed E-state index contributed by atoms with van der Waals surface area (Å²) in [6, 6.07) is 33.7. The van der Waals surface area contributed by atoms with E-state index in [1.807, 2.05) is 91.0 Å². The highest BCUT2D eigenvalue weighted by atomic mass is 16.2. The third-order valence-electron chi connectivity index (χ3n) is 4.48. The van der Waals surface area contributed by atoms with Crippen LogP contribution < -0.4 is 4.90 Å². The second kappa shape index (κ2) is 7.71. The van der Waals surface area contributed by atoms with E-state index in [0.29, 0.717) is 0 Å². The summed E-state index contributed by atoms with van der Waals surface area (Å²) in [5, 5.41) is 2.30. The zero-order valence-corrected chi connectivity index (χ0v) is 14.8. The Morgan fingerprint density at radius 1 is 0.630 bits per heavy atom. The van der Waals surface area contributed by atoms with Crippen molar-refractivity contribution in [3.8, 4) is 0 Å². The molecule has 0 atom stereocenters. The molecule has 0 bridgehead atoms. The molecule has 0 aliphatic rings. The molecule has 0 aliphatic heterocycles. The molecule has 4 aromatic carbocycles. The van der Waals surface area contributed by atoms with E-state index in [0.717, 1.165) is 27.7 Å². The SMILES string of the molecule is O=C(/C=C/c1cccc2ccccc12)N(c1ccccc1)c1ccccc1. The van der Waals surface area contributed by atoms with Crippen molar-refractivity contribution in [3.05, 3.63) is 115 Å². The summed E-state index contributed by atoms with van der Waals surface area (Å²) in [7, 11) is 0. The molecule has 0 fully saturated rings. The van der Waals surface area contributed by atoms with Gasteiger partial charge in [0.05, 0.1) is 0 Å². The Morgan fingerprint density at radius 2 is 1.19 bits per heavy atom. The molecule has 130 valence electrons. The molecule has 0 N–H and O–H groups in total. The summed E-state index contributed by atoms with van der Waals surface area (Å²) >= 11 is 0. The average molecular weight is 349 g/mol. The first-order chi connectivity index (χ1) is 13.3. The number of fused-ring (bicyclic) bond motifs is 1. The van der Waals surface area contributed by atoms with Gasteiger partial charge in [0.15, 0.2) is 0 Å². The van der Waals surface area contributed by atoms with Crippen LogP contribution in [0.25, 0.3) is 16.8 Å². The standard InChI is InChI=1S/C25H19NO/c27-25(19-18-21-12-9-11-20-10-7-8-17-24(20)21)26(22-13-3-1-4-14-22)23-15-5-2-6-16-23/h1-19H/b19-18+. The lowest BCUT2D eigenvalue weighted by Gasteiger charge is -2.21. The van der Waals surface area contributed by atoms with Crippen molar-refractivity contribution in [2.45, 2.75) is 0 Å². The monoisotopic (exact) mass is 349 g/mol. The van der Waals surface area contributed by atoms with Crippen LogP contribution in [-0.2, 0) is 4.79 Å². The van der Waals surface area contributed by atoms with Gasteiger partial charge in [-0.05, 0) is 46.7 Å². The van der Waals surface area contributed by atoms with Gasteiger partial charge in [0.2, 0.25) is 0 Å². The number of rotatable bonds is 4. The maximum atomic E-state index is 13.1. The Labute approximate surface area is 159 Å². The van der Waals surface area contributed by atoms with Gasteiger partial charge in [0.25, 0.3) is 5.91 Å². The Morgan fingerprint density at radius 3 is 1.85 bits per heavy atom. The number of para-hydroxylation sites is 2. The van der Waals surface area contributed by atoms with E-state index in [4.69, 9.17) is 0 Å². The smallest absolute Gasteiger partial charge is 0.255 e. The molecular formula is C25H19NO. The zero-order valence-electron chi connectivity index (χ0n) is 14.8. The molecule has 0 spiro atoms. The third kappa shape index (κ3) is 3.65. The minimum absolute atomic E-state index is 0.0830. The molecule has 0 aromatic heterocycles. The van der Waals surface area contributed by atoms with Crippen molar-refractivity contribution in [2.75, 3.05) is 4.90 Å². The van der Waals surface area contributed by atoms with E-state index in [2.05, 4.69) is 18.2 Å². The van der Waals surface area contributed by atoms with Gasteiger partial charge < -0.3 is 0 Å². The Kier molecular flexibility index (Phi) is 4.80. The van der Waals surface area contributed by atoms with Gasteiger partial charge in [-0.25, -0.2) is 0 Å². The molecule has 0 radical (unpaired) electrons. The van der Waals surface area contributed by atoms with Crippen LogP contribution in [0.1, 0.15) is 5.56 Å². The number of carbonyl (C=O) groups is 1. The maximum Gasteiger partial charge on any atom is 0.255 e. The number of nitrogens with zero attached hydrogens (tertiary/aromatic N) is 1. The normalized spacial score (nSPS) is 11.0. The molecule has 2 heteroatoms. The third-order valence-corrected chi connectivity index (χ3v) is 4.48. The highest BCUT2D eigenvalue weighted by molar-refractivity contribution is 6.09. The fraction of sp³-hybridized carbons (Fsp3) is 0. The van der Waals surface area contributed by atoms with Gasteiger partial charge in [0, 0.05) is 17.5 Å². The van der Waals surface area contributed by atoms with Crippen LogP contribution in [-0.4, -0.2) is 5.91 Å². The van der Waals surface area contributed by atoms with Crippen LogP contribution >= 0.6 is 0 Å². The number of anilines is 2. The fourth-order valence-corrected chi connectivity index (χ4v) is 3.19. The summed E-state index contributed by atoms with van der Waals surface area (Å²) in [5.74, 6) is -0.0830. The van der Waals surface area contributed by atoms with Gasteiger partial charge in [-0.3, -0.25) is 9.69 Å². The Bertz CT molecular complexity index is 1040. The molecule has 0 saturated carbocycles. The molecule has 0 aliphatic carbocycles. The van der Waals surface area contributed by atoms with Crippen molar-refractivity contribution in [1.29, 1.82) is 0 Å². The number of carbonyl (C=O) groups excluding carboxylic acids is 1. The molecule has 4 rings (SSSR count). The van der Waals surface area contributed by atoms with Gasteiger partial charge in [0.1, 0.15) is 0 Å². The molecule has 0 unspecified atom stereocenters. The van der Waals surface area contributed by atoms with Crippen LogP contribution in [0.3, 0.4) is 0 Å². The van der Waals surface area contributed by atoms with Crippen molar-refractivity contribution < 1.29 is 4.79 Å². The largest absolute Gasteiger partial charge is 0.278 e. The van der Waals surface area contributed by atoms with E-state index in [1.165, 1.54) is 0 Å². The Hall–Kier alpha value is -3.65. The zero-order chi connectivity index (χ0) is 18.5. The maximum absolute atomic E-state index is 13.1. The first-order valence-electron chi connectivity index (χ1n) is 8.93. The quantitative estimate of drug-likeness (QED) is 0.401. The molecule has 2 nitrogen and oxygen atoms in total. The number of benzene rings is 4. The lowest BCUT2D eigenvalue weighted by molar-refractivity contribution is -0.113. The van der Waals surface area contributed by atoms with Crippen LogP contribution in [0.5, 0.6) is 0 Å². The summed E-state index contributed by atoms with van der Waals surface area (Å²) in [4.78, 5) is 14.8. The highest BCUT2D eigenvalue weighted by Crippen LogP contribution is 2.26. The molecular weight excluding hydrogens is 330 g/mol. The second-order valence-corrected chi connectivity index (χ2v) is 6.25. The first kappa shape index (κ1) is 16.8. The molecule has 0 heterocycles. The summed E-state index contributed by atoms with van der Waals surface area (Å²) < 4.78 is 0. The summed E-state index contributed by atoms with van der Waals surface area (Å²) in [6.45, 7) is 0. The van der Waals surface area contributed by atoms with E-state index in [1.54, 1.807) is 11.0 Å². The van der Waals surface area contributed by atoms with Crippen LogP contribution in [0, 0.1) is 0 Å². The summed E-state index contributed by atoms with van der Waals surface area (Å²) in [6.07, 6.45) is 3.53. The Balaban J connectivity index is 1.71. The summed E-state index contributed by atoms with van der Waals surface area (Å²) in [5.41, 5.74) is 2.72. The molecule has 4 aromatic rings. The lowest BCUT2D eigenvalue weighted by atomic mass is 10.0. The topological polar surface area (TPSA) is 20.3 Å². The highest BCUT2D eigenvalue weighted by Gasteiger charge is 2.15. The minimum Gasteiger partial charge on any atom is -0.278 e. The molecule has 27 heavy (non-hydrogen) atoms. The fourth-order valence-electron chi connectivity index (χ4n) is 3.19. The molecule has 0 saturated heterocycles. The van der Waals surface area contributed by atoms with Crippen molar-refractivity contribution in [1.82, 2.24) is 0 Å². The van der Waals surface area contributed by atoms with Gasteiger partial charge in [-0.15, -0.1) is 0 Å². The number of amides is 1. The van der Waals surface area contributed by atoms with E-state index in [9.17, 15) is 4.79 Å². The van der Waals surface area contributed by atoms with Crippen LogP contribution in [0.15, 0.2) is 109 Å². The minimum atomic E-state index is -0.0830. The average Bonchev–Trinajstić information content (AvgIpc) is 2.74. The number of hydrogen-bond acceptors (Lipinski definition) is 1. The predicted molar refractivity (Wildman–Crippen MR) is 113 cm³/mol. The van der Waals surface area contributed by atoms with E-state index >= 15 is 0 Å². The van der Waals surface area contributed by atoms with Crippen molar-refractivity contribution in [2.24, 2.45) is 0 Å². The van der Waals surface area contributed by atoms with Crippen LogP contribution in [0.4, 0.5) is 11.4 Å². The van der Waals surface area contributed by atoms with Crippen molar-refractivity contribution >= 4 is 34.1 Å². The van der Waals surface area contributed by atoms with Gasteiger partial charge >= 0.3 is 0 Å². The lowest BCUT2D eigenvalue weighted by Crippen LogP contribution is -2.23. The predicted octanol–water partition coefficient (Wildman–Crippen LogP) is 6.22. The van der Waals surface area contributed by atoms with Crippen LogP contribution in [0.2, 0.25) is 0 Å². The van der Waals surface area contributed by atoms with Gasteiger partial charge in [-0.2, -0.15) is 0 Å². The van der Waals surface area contributed by atoms with Crippen molar-refractivity contribution in [3.63, 3.8) is 0 Å².